The quantitative estimate of drug-likeness (QED) is 0.190. The summed E-state index contributed by atoms with van der Waals surface area (Å²) >= 11 is 5.55. The number of rotatable bonds is 4. The summed E-state index contributed by atoms with van der Waals surface area (Å²) in [5, 5.41) is 6.41. The van der Waals surface area contributed by atoms with Crippen molar-refractivity contribution in [1.82, 2.24) is 4.98 Å². The van der Waals surface area contributed by atoms with Crippen molar-refractivity contribution in [1.29, 1.82) is 0 Å². The van der Waals surface area contributed by atoms with Crippen molar-refractivity contribution < 1.29 is 0 Å². The fourth-order valence-corrected chi connectivity index (χ4v) is 10.4. The maximum Gasteiger partial charge on any atom is 0.0888 e. The first kappa shape index (κ1) is 26.2. The Morgan fingerprint density at radius 3 is 1.67 bits per heavy atom. The molecule has 0 aliphatic carbocycles. The standard InChI is InChI=1S/C41H24N2S3/c1-3-15-33-28(9-1)38-31(13-6-17-35(38)44-33)43(32-14-7-18-36-39(32)29-10-2-4-16-34(29)45-36)26-22-20-25(21-23-26)27-11-5-12-30-40-37(46-41(27)30)19-8-24-42-40/h1-24H. The van der Waals surface area contributed by atoms with Crippen LogP contribution in [0.3, 0.4) is 0 Å². The Hall–Kier alpha value is -5.07. The van der Waals surface area contributed by atoms with Gasteiger partial charge < -0.3 is 4.90 Å². The van der Waals surface area contributed by atoms with Crippen LogP contribution in [0, 0.1) is 0 Å². The molecule has 4 heterocycles. The van der Waals surface area contributed by atoms with Gasteiger partial charge in [0.2, 0.25) is 0 Å². The lowest BCUT2D eigenvalue weighted by atomic mass is 10.0. The monoisotopic (exact) mass is 640 g/mol. The normalized spacial score (nSPS) is 11.9. The zero-order valence-electron chi connectivity index (χ0n) is 24.5. The van der Waals surface area contributed by atoms with Gasteiger partial charge in [-0.3, -0.25) is 4.98 Å². The van der Waals surface area contributed by atoms with E-state index in [2.05, 4.69) is 138 Å². The van der Waals surface area contributed by atoms with Crippen LogP contribution < -0.4 is 4.90 Å². The third-order valence-electron chi connectivity index (χ3n) is 8.93. The highest BCUT2D eigenvalue weighted by molar-refractivity contribution is 7.27. The molecule has 4 aromatic heterocycles. The van der Waals surface area contributed by atoms with Gasteiger partial charge in [0.25, 0.3) is 0 Å². The zero-order chi connectivity index (χ0) is 30.2. The number of aromatic nitrogens is 1. The minimum atomic E-state index is 1.08. The van der Waals surface area contributed by atoms with Crippen LogP contribution in [0.1, 0.15) is 0 Å². The first-order valence-corrected chi connectivity index (χ1v) is 17.7. The molecule has 2 nitrogen and oxygen atoms in total. The lowest BCUT2D eigenvalue weighted by Crippen LogP contribution is -2.10. The number of hydrogen-bond donors (Lipinski definition) is 0. The summed E-state index contributed by atoms with van der Waals surface area (Å²) in [6.45, 7) is 0. The molecule has 0 unspecified atom stereocenters. The molecule has 10 aromatic rings. The van der Waals surface area contributed by atoms with Crippen LogP contribution in [0.25, 0.3) is 71.8 Å². The predicted octanol–water partition coefficient (Wildman–Crippen LogP) is 13.3. The maximum atomic E-state index is 4.70. The molecule has 0 saturated carbocycles. The summed E-state index contributed by atoms with van der Waals surface area (Å²) in [5.41, 5.74) is 7.07. The van der Waals surface area contributed by atoms with Crippen molar-refractivity contribution in [3.05, 3.63) is 146 Å². The molecular formula is C41H24N2S3. The number of nitrogens with zero attached hydrogens (tertiary/aromatic N) is 2. The Balaban J connectivity index is 1.22. The second-order valence-corrected chi connectivity index (χ2v) is 14.7. The molecule has 5 heteroatoms. The van der Waals surface area contributed by atoms with Crippen LogP contribution >= 0.6 is 34.0 Å². The third kappa shape index (κ3) is 3.89. The summed E-state index contributed by atoms with van der Waals surface area (Å²) in [4.78, 5) is 7.18. The summed E-state index contributed by atoms with van der Waals surface area (Å²) in [5.74, 6) is 0. The van der Waals surface area contributed by atoms with E-state index in [0.29, 0.717) is 0 Å². The highest BCUT2D eigenvalue weighted by atomic mass is 32.1. The van der Waals surface area contributed by atoms with Gasteiger partial charge >= 0.3 is 0 Å². The predicted molar refractivity (Wildman–Crippen MR) is 203 cm³/mol. The average Bonchev–Trinajstić information content (AvgIpc) is 3.80. The van der Waals surface area contributed by atoms with E-state index in [1.807, 2.05) is 46.3 Å². The highest BCUT2D eigenvalue weighted by Gasteiger charge is 2.22. The van der Waals surface area contributed by atoms with E-state index in [-0.39, 0.29) is 0 Å². The zero-order valence-corrected chi connectivity index (χ0v) is 26.9. The Morgan fingerprint density at radius 1 is 0.435 bits per heavy atom. The molecule has 6 aromatic carbocycles. The van der Waals surface area contributed by atoms with Crippen LogP contribution in [-0.4, -0.2) is 4.98 Å². The first-order chi connectivity index (χ1) is 22.8. The average molecular weight is 641 g/mol. The van der Waals surface area contributed by atoms with Crippen molar-refractivity contribution in [2.45, 2.75) is 0 Å². The van der Waals surface area contributed by atoms with Crippen molar-refractivity contribution >= 4 is 112 Å². The van der Waals surface area contributed by atoms with Crippen LogP contribution in [0.4, 0.5) is 17.1 Å². The van der Waals surface area contributed by atoms with Crippen molar-refractivity contribution in [3.63, 3.8) is 0 Å². The number of benzene rings is 6. The molecule has 10 rings (SSSR count). The Morgan fingerprint density at radius 2 is 1.00 bits per heavy atom. The topological polar surface area (TPSA) is 16.1 Å². The van der Waals surface area contributed by atoms with E-state index in [1.165, 1.54) is 77.6 Å². The van der Waals surface area contributed by atoms with E-state index in [9.17, 15) is 0 Å². The molecule has 0 N–H and O–H groups in total. The molecule has 0 radical (unpaired) electrons. The van der Waals surface area contributed by atoms with Gasteiger partial charge in [-0.2, -0.15) is 0 Å². The Kier molecular flexibility index (Phi) is 5.82. The van der Waals surface area contributed by atoms with Gasteiger partial charge in [0, 0.05) is 62.3 Å². The summed E-state index contributed by atoms with van der Waals surface area (Å²) in [7, 11) is 0. The molecule has 216 valence electrons. The van der Waals surface area contributed by atoms with E-state index in [1.54, 1.807) is 0 Å². The van der Waals surface area contributed by atoms with Crippen LogP contribution in [0.5, 0.6) is 0 Å². The van der Waals surface area contributed by atoms with Gasteiger partial charge in [0.05, 0.1) is 21.6 Å². The van der Waals surface area contributed by atoms with E-state index in [0.717, 1.165) is 11.2 Å². The molecule has 0 aliphatic rings. The van der Waals surface area contributed by atoms with Gasteiger partial charge in [0.1, 0.15) is 0 Å². The Bertz CT molecular complexity index is 2650. The smallest absolute Gasteiger partial charge is 0.0888 e. The van der Waals surface area contributed by atoms with E-state index >= 15 is 0 Å². The summed E-state index contributed by atoms with van der Waals surface area (Å²) < 4.78 is 7.72. The minimum absolute atomic E-state index is 1.08. The van der Waals surface area contributed by atoms with Crippen LogP contribution in [0.2, 0.25) is 0 Å². The van der Waals surface area contributed by atoms with Gasteiger partial charge in [-0.25, -0.2) is 0 Å². The summed E-state index contributed by atoms with van der Waals surface area (Å²) in [6, 6.07) is 51.0. The maximum absolute atomic E-state index is 4.70. The second kappa shape index (κ2) is 10.2. The molecule has 0 amide bonds. The Labute approximate surface area is 277 Å². The van der Waals surface area contributed by atoms with E-state index < -0.39 is 0 Å². The molecule has 0 fully saturated rings. The number of anilines is 3. The molecule has 0 spiro atoms. The minimum Gasteiger partial charge on any atom is -0.309 e. The van der Waals surface area contributed by atoms with Crippen LogP contribution in [-0.2, 0) is 0 Å². The third-order valence-corrected chi connectivity index (χ3v) is 12.4. The van der Waals surface area contributed by atoms with Gasteiger partial charge in [0.15, 0.2) is 0 Å². The first-order valence-electron chi connectivity index (χ1n) is 15.3. The van der Waals surface area contributed by atoms with Crippen molar-refractivity contribution in [2.75, 3.05) is 4.90 Å². The van der Waals surface area contributed by atoms with Gasteiger partial charge in [-0.1, -0.05) is 78.9 Å². The largest absolute Gasteiger partial charge is 0.309 e. The van der Waals surface area contributed by atoms with Gasteiger partial charge in [-0.15, -0.1) is 34.0 Å². The van der Waals surface area contributed by atoms with Crippen LogP contribution in [0.15, 0.2) is 146 Å². The fraction of sp³-hybridized carbons (Fsp3) is 0. The molecule has 0 aliphatic heterocycles. The number of thiophene rings is 3. The molecular weight excluding hydrogens is 617 g/mol. The summed E-state index contributed by atoms with van der Waals surface area (Å²) in [6.07, 6.45) is 1.89. The lowest BCUT2D eigenvalue weighted by Gasteiger charge is -2.27. The molecule has 46 heavy (non-hydrogen) atoms. The molecule has 0 saturated heterocycles. The van der Waals surface area contributed by atoms with Crippen molar-refractivity contribution in [2.24, 2.45) is 0 Å². The molecule has 0 bridgehead atoms. The second-order valence-electron chi connectivity index (χ2n) is 11.5. The SMILES string of the molecule is c1ccc2c(c1)sc1cccc(N(c3ccc(-c4cccc5c4sc4cccnc45)cc3)c3cccc4sc5ccccc5c34)c12. The molecule has 0 atom stereocenters. The van der Waals surface area contributed by atoms with E-state index in [4.69, 9.17) is 4.98 Å². The fourth-order valence-electron chi connectivity index (χ4n) is 6.93. The number of fused-ring (bicyclic) bond motifs is 9. The van der Waals surface area contributed by atoms with Gasteiger partial charge in [-0.05, 0) is 71.8 Å². The number of pyridine rings is 1. The van der Waals surface area contributed by atoms with Crippen molar-refractivity contribution in [3.8, 4) is 11.1 Å². The highest BCUT2D eigenvalue weighted by Crippen LogP contribution is 2.49. The number of hydrogen-bond acceptors (Lipinski definition) is 5. The lowest BCUT2D eigenvalue weighted by molar-refractivity contribution is 1.32.